The predicted octanol–water partition coefficient (Wildman–Crippen LogP) is 4.12. The Balaban J connectivity index is 1.52. The minimum absolute atomic E-state index is 0.118. The first-order valence-corrected chi connectivity index (χ1v) is 8.16. The largest absolute Gasteiger partial charge is 0.486 e. The van der Waals surface area contributed by atoms with Gasteiger partial charge in [0.25, 0.3) is 0 Å². The van der Waals surface area contributed by atoms with Crippen LogP contribution in [0.1, 0.15) is 0 Å². The van der Waals surface area contributed by atoms with E-state index >= 15 is 0 Å². The van der Waals surface area contributed by atoms with E-state index in [1.54, 1.807) is 18.2 Å². The van der Waals surface area contributed by atoms with Crippen molar-refractivity contribution in [1.29, 1.82) is 0 Å². The second kappa shape index (κ2) is 7.25. The van der Waals surface area contributed by atoms with Crippen LogP contribution in [0.3, 0.4) is 0 Å². The molecule has 1 aliphatic rings. The Morgan fingerprint density at radius 2 is 1.83 bits per heavy atom. The Labute approximate surface area is 149 Å². The molecule has 1 aliphatic heterocycles. The number of hydrogen-bond donors (Lipinski definition) is 2. The summed E-state index contributed by atoms with van der Waals surface area (Å²) in [5.41, 5.74) is 0.728. The van der Waals surface area contributed by atoms with Crippen molar-refractivity contribution in [2.75, 3.05) is 18.5 Å². The highest BCUT2D eigenvalue weighted by Gasteiger charge is 2.20. The molecule has 2 aromatic rings. The first-order valence-electron chi connectivity index (χ1n) is 6.99. The molecule has 0 bridgehead atoms. The lowest BCUT2D eigenvalue weighted by Crippen LogP contribution is -2.42. The Morgan fingerprint density at radius 1 is 1.13 bits per heavy atom. The topological polar surface area (TPSA) is 42.5 Å². The van der Waals surface area contributed by atoms with E-state index in [0.717, 1.165) is 17.2 Å². The second-order valence-electron chi connectivity index (χ2n) is 4.99. The van der Waals surface area contributed by atoms with Crippen molar-refractivity contribution in [3.05, 3.63) is 52.5 Å². The van der Waals surface area contributed by atoms with Crippen LogP contribution in [0.4, 0.5) is 5.69 Å². The summed E-state index contributed by atoms with van der Waals surface area (Å²) in [6, 6.07) is 12.7. The molecule has 23 heavy (non-hydrogen) atoms. The molecule has 1 atom stereocenters. The number of nitrogens with one attached hydrogen (secondary N) is 2. The molecular weight excluding hydrogens is 355 g/mol. The molecule has 1 unspecified atom stereocenters. The minimum Gasteiger partial charge on any atom is -0.486 e. The predicted molar refractivity (Wildman–Crippen MR) is 97.0 cm³/mol. The van der Waals surface area contributed by atoms with Crippen LogP contribution in [0, 0.1) is 0 Å². The lowest BCUT2D eigenvalue weighted by molar-refractivity contribution is 0.0939. The van der Waals surface area contributed by atoms with Gasteiger partial charge in [0, 0.05) is 15.7 Å². The van der Waals surface area contributed by atoms with Crippen molar-refractivity contribution in [2.24, 2.45) is 0 Å². The van der Waals surface area contributed by atoms with Gasteiger partial charge in [0.1, 0.15) is 12.7 Å². The van der Waals surface area contributed by atoms with Crippen LogP contribution in [0.5, 0.6) is 11.5 Å². The van der Waals surface area contributed by atoms with E-state index < -0.39 is 0 Å². The number of anilines is 1. The van der Waals surface area contributed by atoms with Crippen molar-refractivity contribution in [2.45, 2.75) is 6.10 Å². The van der Waals surface area contributed by atoms with Crippen molar-refractivity contribution in [3.63, 3.8) is 0 Å². The van der Waals surface area contributed by atoms with Gasteiger partial charge in [0.2, 0.25) is 0 Å². The molecule has 0 aromatic heterocycles. The summed E-state index contributed by atoms with van der Waals surface area (Å²) in [4.78, 5) is 0. The molecule has 0 fully saturated rings. The normalized spacial score (nSPS) is 15.8. The first kappa shape index (κ1) is 16.2. The highest BCUT2D eigenvalue weighted by molar-refractivity contribution is 7.80. The second-order valence-corrected chi connectivity index (χ2v) is 6.27. The number of rotatable bonds is 3. The van der Waals surface area contributed by atoms with Crippen molar-refractivity contribution in [1.82, 2.24) is 5.32 Å². The van der Waals surface area contributed by atoms with Crippen LogP contribution < -0.4 is 20.1 Å². The third kappa shape index (κ3) is 4.41. The molecule has 0 spiro atoms. The fourth-order valence-electron chi connectivity index (χ4n) is 2.17. The van der Waals surface area contributed by atoms with Gasteiger partial charge in [-0.1, -0.05) is 35.3 Å². The van der Waals surface area contributed by atoms with Gasteiger partial charge in [-0.3, -0.25) is 0 Å². The van der Waals surface area contributed by atoms with E-state index in [0.29, 0.717) is 28.3 Å². The maximum absolute atomic E-state index is 5.96. The lowest BCUT2D eigenvalue weighted by atomic mass is 10.2. The van der Waals surface area contributed by atoms with E-state index in [2.05, 4.69) is 10.6 Å². The van der Waals surface area contributed by atoms with Crippen LogP contribution in [-0.2, 0) is 0 Å². The summed E-state index contributed by atoms with van der Waals surface area (Å²) in [6.07, 6.45) is -0.118. The summed E-state index contributed by atoms with van der Waals surface area (Å²) >= 11 is 17.2. The zero-order valence-electron chi connectivity index (χ0n) is 12.0. The lowest BCUT2D eigenvalue weighted by Gasteiger charge is -2.27. The van der Waals surface area contributed by atoms with Crippen molar-refractivity contribution >= 4 is 46.2 Å². The Bertz CT molecular complexity index is 707. The Hall–Kier alpha value is -1.69. The fourth-order valence-corrected chi connectivity index (χ4v) is 2.90. The van der Waals surface area contributed by atoms with Gasteiger partial charge >= 0.3 is 0 Å². The number of ether oxygens (including phenoxy) is 2. The fraction of sp³-hybridized carbons (Fsp3) is 0.188. The zero-order valence-corrected chi connectivity index (χ0v) is 14.3. The van der Waals surface area contributed by atoms with Crippen LogP contribution >= 0.6 is 35.4 Å². The standard InChI is InChI=1S/C16H14Cl2N2O2S/c17-10-5-11(18)7-12(6-10)20-16(23)19-8-13-9-21-14-3-1-2-4-15(14)22-13/h1-7,13H,8-9H2,(H2,19,20,23). The molecule has 0 amide bonds. The number of fused-ring (bicyclic) bond motifs is 1. The molecule has 0 aliphatic carbocycles. The quantitative estimate of drug-likeness (QED) is 0.797. The number of hydrogen-bond acceptors (Lipinski definition) is 3. The van der Waals surface area contributed by atoms with Crippen LogP contribution in [0.25, 0.3) is 0 Å². The van der Waals surface area contributed by atoms with Crippen molar-refractivity contribution in [3.8, 4) is 11.5 Å². The van der Waals surface area contributed by atoms with E-state index in [-0.39, 0.29) is 6.10 Å². The molecule has 0 saturated carbocycles. The minimum atomic E-state index is -0.118. The van der Waals surface area contributed by atoms with Gasteiger partial charge in [-0.2, -0.15) is 0 Å². The van der Waals surface area contributed by atoms with Gasteiger partial charge in [0.15, 0.2) is 16.6 Å². The van der Waals surface area contributed by atoms with E-state index in [9.17, 15) is 0 Å². The zero-order chi connectivity index (χ0) is 16.2. The number of thiocarbonyl (C=S) groups is 1. The Morgan fingerprint density at radius 3 is 2.57 bits per heavy atom. The van der Waals surface area contributed by atoms with Crippen molar-refractivity contribution < 1.29 is 9.47 Å². The number of halogens is 2. The number of benzene rings is 2. The maximum atomic E-state index is 5.96. The molecule has 4 nitrogen and oxygen atoms in total. The maximum Gasteiger partial charge on any atom is 0.170 e. The molecule has 0 radical (unpaired) electrons. The van der Waals surface area contributed by atoms with E-state index in [4.69, 9.17) is 44.9 Å². The third-order valence-corrected chi connectivity index (χ3v) is 3.86. The van der Waals surface area contributed by atoms with E-state index in [1.165, 1.54) is 0 Å². The smallest absolute Gasteiger partial charge is 0.170 e. The van der Waals surface area contributed by atoms with Crippen LogP contribution in [-0.4, -0.2) is 24.4 Å². The number of para-hydroxylation sites is 2. The molecule has 120 valence electrons. The average molecular weight is 369 g/mol. The SMILES string of the molecule is S=C(NCC1COc2ccccc2O1)Nc1cc(Cl)cc(Cl)c1. The van der Waals surface area contributed by atoms with Gasteiger partial charge in [-0.05, 0) is 42.5 Å². The highest BCUT2D eigenvalue weighted by Crippen LogP contribution is 2.30. The molecule has 3 rings (SSSR count). The summed E-state index contributed by atoms with van der Waals surface area (Å²) in [6.45, 7) is 0.990. The van der Waals surface area contributed by atoms with E-state index in [1.807, 2.05) is 24.3 Å². The van der Waals surface area contributed by atoms with Gasteiger partial charge < -0.3 is 20.1 Å². The molecule has 7 heteroatoms. The Kier molecular flexibility index (Phi) is 5.10. The summed E-state index contributed by atoms with van der Waals surface area (Å²) in [5, 5.41) is 7.69. The van der Waals surface area contributed by atoms with Gasteiger partial charge in [0.05, 0.1) is 6.54 Å². The molecule has 0 saturated heterocycles. The first-order chi connectivity index (χ1) is 11.1. The molecule has 2 N–H and O–H groups in total. The van der Waals surface area contributed by atoms with Gasteiger partial charge in [-0.15, -0.1) is 0 Å². The average Bonchev–Trinajstić information content (AvgIpc) is 2.52. The monoisotopic (exact) mass is 368 g/mol. The van der Waals surface area contributed by atoms with Gasteiger partial charge in [-0.25, -0.2) is 0 Å². The summed E-state index contributed by atoms with van der Waals surface area (Å²) in [5.74, 6) is 1.50. The molecule has 1 heterocycles. The molecular formula is C16H14Cl2N2O2S. The third-order valence-electron chi connectivity index (χ3n) is 3.18. The van der Waals surface area contributed by atoms with Crippen LogP contribution in [0.2, 0.25) is 10.0 Å². The van der Waals surface area contributed by atoms with Crippen LogP contribution in [0.15, 0.2) is 42.5 Å². The summed E-state index contributed by atoms with van der Waals surface area (Å²) in [7, 11) is 0. The molecule has 2 aromatic carbocycles. The highest BCUT2D eigenvalue weighted by atomic mass is 35.5. The summed E-state index contributed by atoms with van der Waals surface area (Å²) < 4.78 is 11.5.